The van der Waals surface area contributed by atoms with Crippen LogP contribution in [0.1, 0.15) is 20.7 Å². The molecule has 0 spiro atoms. The third-order valence-electron chi connectivity index (χ3n) is 2.38. The van der Waals surface area contributed by atoms with Gasteiger partial charge in [-0.15, -0.1) is 0 Å². The average molecular weight is 286 g/mol. The molecule has 0 unspecified atom stereocenters. The number of halogens is 1. The summed E-state index contributed by atoms with van der Waals surface area (Å²) in [7, 11) is 1.33. The number of nitrogens with zero attached hydrogens (tertiary/aromatic N) is 1. The summed E-state index contributed by atoms with van der Waals surface area (Å²) in [6.45, 7) is 0. The van der Waals surface area contributed by atoms with E-state index in [-0.39, 0.29) is 0 Å². The number of hydrogen-bond acceptors (Lipinski definition) is 4. The first-order chi connectivity index (χ1) is 8.40. The number of amides is 2. The monoisotopic (exact) mass is 285 g/mol. The minimum absolute atomic E-state index is 0.306. The SMILES string of the molecule is O=C1c2ccccc2C(=O)N1C=CCS(=O)(=O)Cl. The van der Waals surface area contributed by atoms with Gasteiger partial charge in [-0.2, -0.15) is 0 Å². The van der Waals surface area contributed by atoms with Gasteiger partial charge in [-0.3, -0.25) is 9.59 Å². The molecule has 1 aromatic carbocycles. The number of imide groups is 1. The molecule has 0 atom stereocenters. The van der Waals surface area contributed by atoms with Crippen molar-refractivity contribution in [3.05, 3.63) is 47.7 Å². The zero-order chi connectivity index (χ0) is 13.3. The highest BCUT2D eigenvalue weighted by Gasteiger charge is 2.33. The number of fused-ring (bicyclic) bond motifs is 1. The quantitative estimate of drug-likeness (QED) is 0.621. The van der Waals surface area contributed by atoms with Crippen molar-refractivity contribution in [1.29, 1.82) is 0 Å². The third kappa shape index (κ3) is 2.44. The molecule has 0 saturated heterocycles. The van der Waals surface area contributed by atoms with Crippen LogP contribution in [0.15, 0.2) is 36.5 Å². The van der Waals surface area contributed by atoms with Crippen LogP contribution in [0, 0.1) is 0 Å². The predicted octanol–water partition coefficient (Wildman–Crippen LogP) is 1.36. The topological polar surface area (TPSA) is 71.5 Å². The molecule has 0 radical (unpaired) electrons. The second kappa shape index (κ2) is 4.55. The van der Waals surface area contributed by atoms with Gasteiger partial charge in [0, 0.05) is 16.9 Å². The molecule has 94 valence electrons. The minimum Gasteiger partial charge on any atom is -0.268 e. The van der Waals surface area contributed by atoms with E-state index in [0.29, 0.717) is 11.1 Å². The van der Waals surface area contributed by atoms with Crippen LogP contribution in [-0.4, -0.2) is 30.9 Å². The Balaban J connectivity index is 2.24. The lowest BCUT2D eigenvalue weighted by atomic mass is 10.1. The van der Waals surface area contributed by atoms with Crippen LogP contribution >= 0.6 is 10.7 Å². The highest BCUT2D eigenvalue weighted by atomic mass is 35.7. The Kier molecular flexibility index (Phi) is 3.23. The number of carbonyl (C=O) groups is 2. The van der Waals surface area contributed by atoms with Crippen LogP contribution in [0.5, 0.6) is 0 Å². The standard InChI is InChI=1S/C11H8ClNO4S/c12-18(16,17)7-3-6-13-10(14)8-4-1-2-5-9(8)11(13)15/h1-6H,7H2. The van der Waals surface area contributed by atoms with Crippen molar-refractivity contribution < 1.29 is 18.0 Å². The molecule has 1 aromatic rings. The Hall–Kier alpha value is -1.66. The van der Waals surface area contributed by atoms with E-state index >= 15 is 0 Å². The fraction of sp³-hybridized carbons (Fsp3) is 0.0909. The highest BCUT2D eigenvalue weighted by Crippen LogP contribution is 2.22. The van der Waals surface area contributed by atoms with Crippen LogP contribution in [-0.2, 0) is 9.05 Å². The van der Waals surface area contributed by atoms with Crippen molar-refractivity contribution in [1.82, 2.24) is 4.90 Å². The minimum atomic E-state index is -3.68. The third-order valence-corrected chi connectivity index (χ3v) is 3.34. The lowest BCUT2D eigenvalue weighted by Gasteiger charge is -2.06. The van der Waals surface area contributed by atoms with Gasteiger partial charge in [-0.05, 0) is 12.1 Å². The Labute approximate surface area is 108 Å². The second-order valence-electron chi connectivity index (χ2n) is 3.62. The van der Waals surface area contributed by atoms with Crippen LogP contribution < -0.4 is 0 Å². The number of rotatable bonds is 3. The lowest BCUT2D eigenvalue weighted by molar-refractivity contribution is 0.0721. The normalized spacial score (nSPS) is 15.5. The summed E-state index contributed by atoms with van der Waals surface area (Å²) in [4.78, 5) is 24.5. The van der Waals surface area contributed by atoms with Gasteiger partial charge >= 0.3 is 0 Å². The van der Waals surface area contributed by atoms with Crippen LogP contribution in [0.2, 0.25) is 0 Å². The first-order valence-electron chi connectivity index (χ1n) is 4.96. The molecule has 1 aliphatic rings. The van der Waals surface area contributed by atoms with Gasteiger partial charge < -0.3 is 0 Å². The first kappa shape index (κ1) is 12.8. The summed E-state index contributed by atoms with van der Waals surface area (Å²) in [5.74, 6) is -1.39. The molecule has 1 aliphatic heterocycles. The maximum absolute atomic E-state index is 11.8. The Morgan fingerprint density at radius 2 is 1.61 bits per heavy atom. The van der Waals surface area contributed by atoms with Gasteiger partial charge in [0.2, 0.25) is 9.05 Å². The molecule has 0 N–H and O–H groups in total. The smallest absolute Gasteiger partial charge is 0.265 e. The largest absolute Gasteiger partial charge is 0.268 e. The maximum Gasteiger partial charge on any atom is 0.265 e. The van der Waals surface area contributed by atoms with E-state index in [1.165, 1.54) is 0 Å². The van der Waals surface area contributed by atoms with Gasteiger partial charge in [0.05, 0.1) is 16.9 Å². The number of carbonyl (C=O) groups excluding carboxylic acids is 2. The van der Waals surface area contributed by atoms with E-state index in [9.17, 15) is 18.0 Å². The molecule has 18 heavy (non-hydrogen) atoms. The van der Waals surface area contributed by atoms with Gasteiger partial charge in [0.15, 0.2) is 0 Å². The van der Waals surface area contributed by atoms with Gasteiger partial charge in [0.1, 0.15) is 0 Å². The summed E-state index contributed by atoms with van der Waals surface area (Å²) in [6.07, 6.45) is 2.29. The molecule has 0 aromatic heterocycles. The maximum atomic E-state index is 11.8. The van der Waals surface area contributed by atoms with Crippen molar-refractivity contribution in [3.63, 3.8) is 0 Å². The van der Waals surface area contributed by atoms with Crippen molar-refractivity contribution in [2.75, 3.05) is 5.75 Å². The van der Waals surface area contributed by atoms with E-state index in [4.69, 9.17) is 10.7 Å². The fourth-order valence-electron chi connectivity index (χ4n) is 1.61. The Bertz CT molecular complexity index is 616. The Morgan fingerprint density at radius 1 is 1.11 bits per heavy atom. The van der Waals surface area contributed by atoms with Gasteiger partial charge in [0.25, 0.3) is 11.8 Å². The molecular formula is C11H8ClNO4S. The number of hydrogen-bond donors (Lipinski definition) is 0. The molecule has 0 fully saturated rings. The van der Waals surface area contributed by atoms with Crippen LogP contribution in [0.25, 0.3) is 0 Å². The van der Waals surface area contributed by atoms with E-state index < -0.39 is 26.6 Å². The molecule has 5 nitrogen and oxygen atoms in total. The van der Waals surface area contributed by atoms with Crippen molar-refractivity contribution in [2.24, 2.45) is 0 Å². The van der Waals surface area contributed by atoms with Crippen molar-refractivity contribution in [2.45, 2.75) is 0 Å². The second-order valence-corrected chi connectivity index (χ2v) is 6.44. The average Bonchev–Trinajstić information content (AvgIpc) is 2.53. The molecule has 0 bridgehead atoms. The molecular weight excluding hydrogens is 278 g/mol. The van der Waals surface area contributed by atoms with Gasteiger partial charge in [-0.1, -0.05) is 18.2 Å². The molecule has 2 amide bonds. The zero-order valence-electron chi connectivity index (χ0n) is 9.04. The van der Waals surface area contributed by atoms with Crippen molar-refractivity contribution in [3.8, 4) is 0 Å². The summed E-state index contributed by atoms with van der Waals surface area (Å²) in [6, 6.07) is 6.39. The molecule has 1 heterocycles. The zero-order valence-corrected chi connectivity index (χ0v) is 10.6. The fourth-order valence-corrected chi connectivity index (χ4v) is 2.14. The lowest BCUT2D eigenvalue weighted by Crippen LogP contribution is -2.23. The summed E-state index contributed by atoms with van der Waals surface area (Å²) < 4.78 is 21.4. The predicted molar refractivity (Wildman–Crippen MR) is 65.7 cm³/mol. The van der Waals surface area contributed by atoms with Crippen molar-refractivity contribution >= 4 is 31.5 Å². The number of benzene rings is 1. The molecule has 0 aliphatic carbocycles. The van der Waals surface area contributed by atoms with E-state index in [0.717, 1.165) is 17.2 Å². The molecule has 7 heteroatoms. The molecule has 2 rings (SSSR count). The summed E-state index contributed by atoms with van der Waals surface area (Å²) in [5.41, 5.74) is 0.613. The summed E-state index contributed by atoms with van der Waals surface area (Å²) >= 11 is 0. The summed E-state index contributed by atoms with van der Waals surface area (Å²) in [5, 5.41) is 0. The van der Waals surface area contributed by atoms with Crippen LogP contribution in [0.4, 0.5) is 0 Å². The highest BCUT2D eigenvalue weighted by molar-refractivity contribution is 8.13. The van der Waals surface area contributed by atoms with E-state index in [2.05, 4.69) is 0 Å². The van der Waals surface area contributed by atoms with E-state index in [1.54, 1.807) is 24.3 Å². The Morgan fingerprint density at radius 3 is 2.06 bits per heavy atom. The molecule has 0 saturated carbocycles. The van der Waals surface area contributed by atoms with E-state index in [1.807, 2.05) is 0 Å². The first-order valence-corrected chi connectivity index (χ1v) is 7.44. The van der Waals surface area contributed by atoms with Crippen LogP contribution in [0.3, 0.4) is 0 Å². The van der Waals surface area contributed by atoms with Gasteiger partial charge in [-0.25, -0.2) is 13.3 Å².